The third-order valence-corrected chi connectivity index (χ3v) is 6.56. The summed E-state index contributed by atoms with van der Waals surface area (Å²) in [5.41, 5.74) is 4.99. The zero-order chi connectivity index (χ0) is 21.4. The normalized spacial score (nSPS) is 18.4. The van der Waals surface area contributed by atoms with Gasteiger partial charge in [0.2, 0.25) is 0 Å². The van der Waals surface area contributed by atoms with E-state index >= 15 is 4.39 Å². The maximum absolute atomic E-state index is 15.2. The first-order valence-corrected chi connectivity index (χ1v) is 11.3. The third-order valence-electron chi connectivity index (χ3n) is 5.84. The highest BCUT2D eigenvalue weighted by atomic mass is 127. The van der Waals surface area contributed by atoms with Crippen LogP contribution < -0.4 is 5.32 Å². The summed E-state index contributed by atoms with van der Waals surface area (Å²) in [6.07, 6.45) is 2.45. The van der Waals surface area contributed by atoms with E-state index < -0.39 is 5.67 Å². The van der Waals surface area contributed by atoms with Crippen molar-refractivity contribution in [2.24, 2.45) is 0 Å². The molecule has 1 aliphatic heterocycles. The van der Waals surface area contributed by atoms with Crippen LogP contribution >= 0.6 is 22.6 Å². The fourth-order valence-electron chi connectivity index (χ4n) is 4.17. The molecular formula is C25H20FIN4. The number of nitrogens with zero attached hydrogens (tertiary/aromatic N) is 3. The van der Waals surface area contributed by atoms with E-state index in [-0.39, 0.29) is 0 Å². The summed E-state index contributed by atoms with van der Waals surface area (Å²) in [5.74, 6) is 0. The zero-order valence-corrected chi connectivity index (χ0v) is 18.9. The van der Waals surface area contributed by atoms with Gasteiger partial charge < -0.3 is 9.88 Å². The molecule has 2 aromatic carbocycles. The van der Waals surface area contributed by atoms with Crippen LogP contribution in [0.2, 0.25) is 0 Å². The van der Waals surface area contributed by atoms with Crippen molar-refractivity contribution < 1.29 is 4.39 Å². The van der Waals surface area contributed by atoms with E-state index in [1.807, 2.05) is 41.1 Å². The van der Waals surface area contributed by atoms with Crippen LogP contribution in [0.1, 0.15) is 12.0 Å². The average Bonchev–Trinajstić information content (AvgIpc) is 3.39. The highest BCUT2D eigenvalue weighted by Gasteiger charge is 2.34. The van der Waals surface area contributed by atoms with Crippen LogP contribution in [0.15, 0.2) is 66.9 Å². The quantitative estimate of drug-likeness (QED) is 0.358. The Labute approximate surface area is 193 Å². The molecule has 0 aliphatic carbocycles. The van der Waals surface area contributed by atoms with Crippen LogP contribution in [0.3, 0.4) is 0 Å². The van der Waals surface area contributed by atoms with E-state index in [1.54, 1.807) is 0 Å². The van der Waals surface area contributed by atoms with Gasteiger partial charge in [0.05, 0.1) is 34.9 Å². The lowest BCUT2D eigenvalue weighted by atomic mass is 9.98. The lowest BCUT2D eigenvalue weighted by Gasteiger charge is -2.20. The Hall–Kier alpha value is -2.76. The number of alkyl halides is 1. The first-order valence-electron chi connectivity index (χ1n) is 10.2. The van der Waals surface area contributed by atoms with Gasteiger partial charge in [-0.05, 0) is 77.5 Å². The molecular weight excluding hydrogens is 502 g/mol. The number of fused-ring (bicyclic) bond motifs is 1. The van der Waals surface area contributed by atoms with E-state index in [2.05, 4.69) is 64.3 Å². The van der Waals surface area contributed by atoms with E-state index in [1.165, 1.54) is 0 Å². The van der Waals surface area contributed by atoms with Crippen molar-refractivity contribution >= 4 is 33.6 Å². The average molecular weight is 522 g/mol. The van der Waals surface area contributed by atoms with Gasteiger partial charge in [0.15, 0.2) is 0 Å². The van der Waals surface area contributed by atoms with Crippen molar-refractivity contribution in [3.63, 3.8) is 0 Å². The van der Waals surface area contributed by atoms with Crippen molar-refractivity contribution in [1.29, 1.82) is 5.26 Å². The highest BCUT2D eigenvalue weighted by Crippen LogP contribution is 2.35. The Kier molecular flexibility index (Phi) is 5.24. The second-order valence-corrected chi connectivity index (χ2v) is 9.25. The molecule has 1 unspecified atom stereocenters. The smallest absolute Gasteiger partial charge is 0.142 e. The Bertz CT molecular complexity index is 1280. The Morgan fingerprint density at radius 2 is 1.84 bits per heavy atom. The second kappa shape index (κ2) is 8.06. The Morgan fingerprint density at radius 1 is 1.10 bits per heavy atom. The van der Waals surface area contributed by atoms with Crippen molar-refractivity contribution in [3.05, 3.63) is 76.0 Å². The summed E-state index contributed by atoms with van der Waals surface area (Å²) < 4.78 is 18.3. The van der Waals surface area contributed by atoms with Gasteiger partial charge in [0.25, 0.3) is 0 Å². The third kappa shape index (κ3) is 3.95. The van der Waals surface area contributed by atoms with Gasteiger partial charge in [-0.15, -0.1) is 0 Å². The number of benzene rings is 2. The molecule has 1 N–H and O–H groups in total. The predicted molar refractivity (Wildman–Crippen MR) is 129 cm³/mol. The van der Waals surface area contributed by atoms with Crippen LogP contribution in [0, 0.1) is 14.9 Å². The molecule has 31 heavy (non-hydrogen) atoms. The fraction of sp³-hybridized carbons (Fsp3) is 0.200. The fourth-order valence-corrected chi connectivity index (χ4v) is 4.53. The minimum atomic E-state index is -1.24. The van der Waals surface area contributed by atoms with Gasteiger partial charge in [-0.25, -0.2) is 9.37 Å². The zero-order valence-electron chi connectivity index (χ0n) is 16.8. The van der Waals surface area contributed by atoms with Gasteiger partial charge in [-0.1, -0.05) is 24.3 Å². The highest BCUT2D eigenvalue weighted by molar-refractivity contribution is 14.1. The monoisotopic (exact) mass is 522 g/mol. The summed E-state index contributed by atoms with van der Waals surface area (Å²) in [5, 5.41) is 12.3. The molecule has 1 fully saturated rings. The molecule has 0 spiro atoms. The molecule has 0 amide bonds. The van der Waals surface area contributed by atoms with Gasteiger partial charge in [0, 0.05) is 27.4 Å². The summed E-state index contributed by atoms with van der Waals surface area (Å²) in [4.78, 5) is 4.99. The number of halogens is 2. The van der Waals surface area contributed by atoms with E-state index in [9.17, 15) is 0 Å². The molecule has 1 saturated heterocycles. The van der Waals surface area contributed by atoms with Crippen LogP contribution in [-0.4, -0.2) is 28.3 Å². The van der Waals surface area contributed by atoms with Crippen molar-refractivity contribution in [2.45, 2.75) is 18.6 Å². The van der Waals surface area contributed by atoms with Crippen LogP contribution in [0.4, 0.5) is 4.39 Å². The van der Waals surface area contributed by atoms with Crippen LogP contribution in [0.25, 0.3) is 33.4 Å². The molecule has 154 valence electrons. The summed E-state index contributed by atoms with van der Waals surface area (Å²) in [7, 11) is 0. The number of aromatic nitrogens is 2. The lowest BCUT2D eigenvalue weighted by molar-refractivity contribution is 0.164. The van der Waals surface area contributed by atoms with Gasteiger partial charge >= 0.3 is 0 Å². The van der Waals surface area contributed by atoms with E-state index in [4.69, 9.17) is 10.2 Å². The molecule has 0 bridgehead atoms. The summed E-state index contributed by atoms with van der Waals surface area (Å²) in [6, 6.07) is 22.0. The molecule has 0 saturated carbocycles. The van der Waals surface area contributed by atoms with Crippen LogP contribution in [0.5, 0.6) is 0 Å². The molecule has 0 radical (unpaired) electrons. The molecule has 3 heterocycles. The maximum atomic E-state index is 15.2. The Morgan fingerprint density at radius 3 is 2.52 bits per heavy atom. The molecule has 1 aliphatic rings. The lowest BCUT2D eigenvalue weighted by Crippen LogP contribution is -2.31. The molecule has 1 atom stereocenters. The molecule has 4 nitrogen and oxygen atoms in total. The first-order chi connectivity index (χ1) is 15.0. The topological polar surface area (TPSA) is 53.6 Å². The number of nitrogens with one attached hydrogen (secondary N) is 1. The largest absolute Gasteiger partial charge is 0.343 e. The minimum Gasteiger partial charge on any atom is -0.343 e. The molecule has 4 aromatic rings. The van der Waals surface area contributed by atoms with Crippen molar-refractivity contribution in [2.75, 3.05) is 13.1 Å². The first kappa shape index (κ1) is 20.2. The molecule has 6 heteroatoms. The number of nitriles is 1. The van der Waals surface area contributed by atoms with Crippen molar-refractivity contribution in [1.82, 2.24) is 14.9 Å². The molecule has 2 aromatic heterocycles. The molecule has 5 rings (SSSR count). The van der Waals surface area contributed by atoms with Gasteiger partial charge in [-0.2, -0.15) is 5.26 Å². The predicted octanol–water partition coefficient (Wildman–Crippen LogP) is 5.55. The van der Waals surface area contributed by atoms with E-state index in [0.29, 0.717) is 31.6 Å². The number of pyridine rings is 1. The van der Waals surface area contributed by atoms with Crippen LogP contribution in [-0.2, 0) is 6.54 Å². The number of hydrogen-bond donors (Lipinski definition) is 1. The van der Waals surface area contributed by atoms with E-state index in [0.717, 1.165) is 37.0 Å². The maximum Gasteiger partial charge on any atom is 0.142 e. The number of rotatable bonds is 4. The SMILES string of the molecule is N#Cc1ccc(-c2cc3c(ccn3CC3(F)CCNC3)nc2-c2ccc(I)cc2)cc1. The van der Waals surface area contributed by atoms with Gasteiger partial charge in [0.1, 0.15) is 5.67 Å². The summed E-state index contributed by atoms with van der Waals surface area (Å²) in [6.45, 7) is 1.39. The second-order valence-electron chi connectivity index (χ2n) is 8.01. The van der Waals surface area contributed by atoms with Gasteiger partial charge in [-0.3, -0.25) is 0 Å². The standard InChI is InChI=1S/C25H20FIN4/c26-25(10-11-29-15-25)16-31-12-9-22-23(31)13-21(18-3-1-17(14-28)2-4-18)24(30-22)19-5-7-20(27)8-6-19/h1-9,12-13,29H,10-11,15-16H2. The summed E-state index contributed by atoms with van der Waals surface area (Å²) >= 11 is 2.29. The van der Waals surface area contributed by atoms with Crippen molar-refractivity contribution in [3.8, 4) is 28.5 Å². The minimum absolute atomic E-state index is 0.306. The number of hydrogen-bond acceptors (Lipinski definition) is 3. The Balaban J connectivity index is 1.67.